The minimum atomic E-state index is -0.629. The lowest BCUT2D eigenvalue weighted by Crippen LogP contribution is -2.45. The molecule has 1 saturated heterocycles. The Morgan fingerprint density at radius 3 is 2.59 bits per heavy atom. The molecule has 0 unspecified atom stereocenters. The first-order valence-electron chi connectivity index (χ1n) is 13.9. The minimum Gasteiger partial charge on any atom is -0.377 e. The van der Waals surface area contributed by atoms with Gasteiger partial charge in [0, 0.05) is 19.1 Å². The van der Waals surface area contributed by atoms with Gasteiger partial charge in [0.2, 0.25) is 17.6 Å². The van der Waals surface area contributed by atoms with Crippen molar-refractivity contribution in [3.63, 3.8) is 0 Å². The summed E-state index contributed by atoms with van der Waals surface area (Å²) in [4.78, 5) is 31.4. The van der Waals surface area contributed by atoms with E-state index in [1.807, 2.05) is 0 Å². The number of fused-ring (bicyclic) bond motifs is 1. The van der Waals surface area contributed by atoms with E-state index in [-0.39, 0.29) is 17.9 Å². The summed E-state index contributed by atoms with van der Waals surface area (Å²) in [5, 5.41) is 7.56. The van der Waals surface area contributed by atoms with Crippen LogP contribution in [0.25, 0.3) is 22.8 Å². The Morgan fingerprint density at radius 1 is 1.11 bits per heavy atom. The third-order valence-electron chi connectivity index (χ3n) is 8.66. The lowest BCUT2D eigenvalue weighted by Gasteiger charge is -2.35. The second-order valence-electron chi connectivity index (χ2n) is 11.4. The summed E-state index contributed by atoms with van der Waals surface area (Å²) in [6.45, 7) is 9.78. The molecule has 0 spiro atoms. The van der Waals surface area contributed by atoms with Crippen molar-refractivity contribution >= 4 is 22.9 Å². The molecule has 11 nitrogen and oxygen atoms in total. The van der Waals surface area contributed by atoms with Gasteiger partial charge in [-0.15, -0.1) is 0 Å². The molecule has 1 aliphatic heterocycles. The Hall–Kier alpha value is -2.95. The fourth-order valence-corrected chi connectivity index (χ4v) is 6.02. The van der Waals surface area contributed by atoms with Crippen LogP contribution in [0.2, 0.25) is 0 Å². The molecule has 0 aromatic carbocycles. The number of rotatable bonds is 7. The van der Waals surface area contributed by atoms with Gasteiger partial charge in [-0.25, -0.2) is 14.8 Å². The number of hydrogen-bond acceptors (Lipinski definition) is 9. The highest BCUT2D eigenvalue weighted by Crippen LogP contribution is 2.37. The van der Waals surface area contributed by atoms with Crippen LogP contribution in [0.3, 0.4) is 0 Å². The number of morpholine rings is 1. The van der Waals surface area contributed by atoms with Crippen LogP contribution in [0.4, 0.5) is 11.8 Å². The molecule has 3 aromatic rings. The smallest absolute Gasteiger partial charge is 0.377 e. The Kier molecular flexibility index (Phi) is 6.64. The van der Waals surface area contributed by atoms with Gasteiger partial charge in [0.1, 0.15) is 5.52 Å². The summed E-state index contributed by atoms with van der Waals surface area (Å²) < 4.78 is 12.8. The van der Waals surface area contributed by atoms with Gasteiger partial charge in [-0.3, -0.25) is 9.51 Å². The van der Waals surface area contributed by atoms with Crippen LogP contribution in [0.15, 0.2) is 9.32 Å². The van der Waals surface area contributed by atoms with Crippen molar-refractivity contribution in [2.45, 2.75) is 84.3 Å². The van der Waals surface area contributed by atoms with E-state index in [0.717, 1.165) is 36.3 Å². The van der Waals surface area contributed by atoms with E-state index in [0.29, 0.717) is 36.5 Å². The number of aromatic amines is 1. The molecular formula is C26H38N8O3. The highest BCUT2D eigenvalue weighted by molar-refractivity contribution is 5.87. The van der Waals surface area contributed by atoms with E-state index < -0.39 is 5.76 Å². The fraction of sp³-hybridized carbons (Fsp3) is 0.731. The third kappa shape index (κ3) is 4.85. The summed E-state index contributed by atoms with van der Waals surface area (Å²) in [7, 11) is 0. The van der Waals surface area contributed by atoms with Crippen molar-refractivity contribution in [3.8, 4) is 11.6 Å². The molecule has 2 aliphatic carbocycles. The lowest BCUT2D eigenvalue weighted by molar-refractivity contribution is 0.0976. The van der Waals surface area contributed by atoms with Crippen molar-refractivity contribution in [3.05, 3.63) is 10.6 Å². The minimum absolute atomic E-state index is 0.209. The Labute approximate surface area is 216 Å². The zero-order chi connectivity index (χ0) is 25.5. The zero-order valence-corrected chi connectivity index (χ0v) is 22.1. The maximum atomic E-state index is 11.7. The molecule has 0 amide bonds. The monoisotopic (exact) mass is 510 g/mol. The Balaban J connectivity index is 1.48. The molecule has 3 fully saturated rings. The molecule has 2 atom stereocenters. The first-order valence-corrected chi connectivity index (χ1v) is 13.9. The van der Waals surface area contributed by atoms with E-state index in [4.69, 9.17) is 24.2 Å². The summed E-state index contributed by atoms with van der Waals surface area (Å²) in [5.41, 5.74) is 1.53. The van der Waals surface area contributed by atoms with Gasteiger partial charge in [0.05, 0.1) is 19.3 Å². The molecule has 2 N–H and O–H groups in total. The summed E-state index contributed by atoms with van der Waals surface area (Å²) in [6, 6.07) is 0.473. The van der Waals surface area contributed by atoms with Crippen molar-refractivity contribution in [2.75, 3.05) is 30.0 Å². The van der Waals surface area contributed by atoms with Gasteiger partial charge >= 0.3 is 5.76 Å². The molecule has 3 aliphatic rings. The zero-order valence-electron chi connectivity index (χ0n) is 22.1. The molecule has 37 heavy (non-hydrogen) atoms. The van der Waals surface area contributed by atoms with Crippen LogP contribution in [0.1, 0.15) is 65.7 Å². The van der Waals surface area contributed by atoms with Crippen LogP contribution in [0.5, 0.6) is 0 Å². The first-order chi connectivity index (χ1) is 18.0. The molecule has 4 heterocycles. The number of H-pyrrole nitrogens is 1. The SMILES string of the molecule is CC1CCC(Cn2c(N3CCOC[C@@H]3C)nc3nc(-c4noc(=O)[nH]4)nc(N[C@H](C)C4CCC4)c32)CC1. The Morgan fingerprint density at radius 2 is 1.92 bits per heavy atom. The van der Waals surface area contributed by atoms with E-state index >= 15 is 0 Å². The standard InChI is InChI=1S/C26H38N8O3/c1-15-7-9-18(10-8-15)13-34-20-21(27-17(3)19-5-4-6-19)28-23(24-31-26(35)37-32-24)29-22(20)30-25(34)33-11-12-36-14-16(33)2/h15-19H,4-14H2,1-3H3,(H,27,28,29)(H,31,32,35)/t15?,16-,17+,18?/m0/s1. The van der Waals surface area contributed by atoms with Crippen molar-refractivity contribution in [1.29, 1.82) is 0 Å². The fourth-order valence-electron chi connectivity index (χ4n) is 6.02. The molecule has 0 bridgehead atoms. The van der Waals surface area contributed by atoms with Crippen LogP contribution >= 0.6 is 0 Å². The highest BCUT2D eigenvalue weighted by atomic mass is 16.5. The van der Waals surface area contributed by atoms with Crippen molar-refractivity contribution < 1.29 is 9.26 Å². The predicted octanol–water partition coefficient (Wildman–Crippen LogP) is 3.82. The number of ether oxygens (including phenoxy) is 1. The number of imidazole rings is 1. The number of anilines is 2. The van der Waals surface area contributed by atoms with Gasteiger partial charge in [-0.2, -0.15) is 4.98 Å². The van der Waals surface area contributed by atoms with Crippen molar-refractivity contribution in [1.82, 2.24) is 29.7 Å². The molecule has 3 aromatic heterocycles. The number of nitrogens with zero attached hydrogens (tertiary/aromatic N) is 6. The van der Waals surface area contributed by atoms with Crippen LogP contribution < -0.4 is 16.0 Å². The number of hydrogen-bond donors (Lipinski definition) is 2. The van der Waals surface area contributed by atoms with Crippen LogP contribution in [-0.4, -0.2) is 61.5 Å². The molecular weight excluding hydrogens is 472 g/mol. The number of aromatic nitrogens is 6. The maximum Gasteiger partial charge on any atom is 0.439 e. The average Bonchev–Trinajstić information content (AvgIpc) is 3.43. The van der Waals surface area contributed by atoms with Gasteiger partial charge in [-0.05, 0) is 57.3 Å². The first kappa shape index (κ1) is 24.4. The van der Waals surface area contributed by atoms with Crippen LogP contribution in [-0.2, 0) is 11.3 Å². The second-order valence-corrected chi connectivity index (χ2v) is 11.4. The molecule has 6 rings (SSSR count). The molecule has 200 valence electrons. The van der Waals surface area contributed by atoms with E-state index in [2.05, 4.69) is 45.7 Å². The number of nitrogens with one attached hydrogen (secondary N) is 2. The summed E-state index contributed by atoms with van der Waals surface area (Å²) in [6.07, 6.45) is 8.70. The average molecular weight is 511 g/mol. The highest BCUT2D eigenvalue weighted by Gasteiger charge is 2.31. The molecule has 2 saturated carbocycles. The predicted molar refractivity (Wildman–Crippen MR) is 141 cm³/mol. The normalized spacial score (nSPS) is 25.8. The van der Waals surface area contributed by atoms with E-state index in [1.54, 1.807) is 0 Å². The summed E-state index contributed by atoms with van der Waals surface area (Å²) in [5.74, 6) is 3.56. The molecule has 0 radical (unpaired) electrons. The topological polar surface area (TPSA) is 127 Å². The van der Waals surface area contributed by atoms with E-state index in [9.17, 15) is 4.79 Å². The van der Waals surface area contributed by atoms with Crippen molar-refractivity contribution in [2.24, 2.45) is 17.8 Å². The molecule has 11 heteroatoms. The lowest BCUT2D eigenvalue weighted by atomic mass is 9.80. The largest absolute Gasteiger partial charge is 0.439 e. The third-order valence-corrected chi connectivity index (χ3v) is 8.66. The second kappa shape index (κ2) is 10.1. The van der Waals surface area contributed by atoms with Gasteiger partial charge in [0.15, 0.2) is 11.5 Å². The maximum absolute atomic E-state index is 11.7. The van der Waals surface area contributed by atoms with Gasteiger partial charge < -0.3 is 19.5 Å². The summed E-state index contributed by atoms with van der Waals surface area (Å²) >= 11 is 0. The van der Waals surface area contributed by atoms with Crippen LogP contribution in [0, 0.1) is 17.8 Å². The van der Waals surface area contributed by atoms with Gasteiger partial charge in [0.25, 0.3) is 0 Å². The quantitative estimate of drug-likeness (QED) is 0.487. The Bertz CT molecular complexity index is 1290. The van der Waals surface area contributed by atoms with E-state index in [1.165, 1.54) is 44.9 Å². The van der Waals surface area contributed by atoms with Gasteiger partial charge in [-0.1, -0.05) is 31.3 Å².